The van der Waals surface area contributed by atoms with E-state index in [0.29, 0.717) is 5.92 Å². The van der Waals surface area contributed by atoms with Crippen molar-refractivity contribution in [2.45, 2.75) is 18.9 Å². The topological polar surface area (TPSA) is 12.0 Å². The van der Waals surface area contributed by atoms with Crippen LogP contribution in [0, 0.1) is 23.4 Å². The maximum Gasteiger partial charge on any atom is 0.196 e. The van der Waals surface area contributed by atoms with Crippen molar-refractivity contribution in [1.82, 2.24) is 0 Å². The third-order valence-electron chi connectivity index (χ3n) is 3.60. The van der Waals surface area contributed by atoms with Crippen LogP contribution in [-0.2, 0) is 0 Å². The summed E-state index contributed by atoms with van der Waals surface area (Å²) >= 11 is 0. The zero-order chi connectivity index (χ0) is 14.1. The van der Waals surface area contributed by atoms with Gasteiger partial charge in [-0.05, 0) is 36.5 Å². The van der Waals surface area contributed by atoms with E-state index in [0.717, 1.165) is 24.5 Å². The lowest BCUT2D eigenvalue weighted by molar-refractivity contribution is 0.448. The molecule has 0 aliphatic heterocycles. The van der Waals surface area contributed by atoms with Crippen LogP contribution in [0.2, 0.25) is 0 Å². The largest absolute Gasteiger partial charge is 0.376 e. The number of anilines is 1. The lowest BCUT2D eigenvalue weighted by Gasteiger charge is -2.20. The molecule has 1 aliphatic rings. The van der Waals surface area contributed by atoms with E-state index in [1.165, 1.54) is 6.07 Å². The van der Waals surface area contributed by atoms with Gasteiger partial charge >= 0.3 is 0 Å². The minimum absolute atomic E-state index is 0.00431. The summed E-state index contributed by atoms with van der Waals surface area (Å²) in [5.74, 6) is -3.36. The third-order valence-corrected chi connectivity index (χ3v) is 3.60. The molecule has 1 unspecified atom stereocenters. The summed E-state index contributed by atoms with van der Waals surface area (Å²) in [7, 11) is 0. The number of nitrogens with one attached hydrogen (secondary N) is 1. The summed E-state index contributed by atoms with van der Waals surface area (Å²) in [4.78, 5) is 0. The predicted molar refractivity (Wildman–Crippen MR) is 71.8 cm³/mol. The molecule has 0 bridgehead atoms. The minimum Gasteiger partial charge on any atom is -0.376 e. The second kappa shape index (κ2) is 5.19. The Morgan fingerprint density at radius 1 is 0.900 bits per heavy atom. The van der Waals surface area contributed by atoms with Crippen molar-refractivity contribution in [3.8, 4) is 0 Å². The summed E-state index contributed by atoms with van der Waals surface area (Å²) < 4.78 is 40.0. The molecule has 1 atom stereocenters. The number of benzene rings is 2. The van der Waals surface area contributed by atoms with Crippen LogP contribution in [0.25, 0.3) is 0 Å². The Morgan fingerprint density at radius 3 is 2.25 bits per heavy atom. The summed E-state index contributed by atoms with van der Waals surface area (Å²) in [6, 6.07) is 11.7. The average Bonchev–Trinajstić information content (AvgIpc) is 3.30. The first-order valence-corrected chi connectivity index (χ1v) is 6.62. The maximum atomic E-state index is 13.7. The van der Waals surface area contributed by atoms with Gasteiger partial charge in [0.15, 0.2) is 17.5 Å². The molecule has 2 aromatic carbocycles. The highest BCUT2D eigenvalue weighted by molar-refractivity contribution is 5.48. The van der Waals surface area contributed by atoms with Gasteiger partial charge in [-0.1, -0.05) is 30.3 Å². The summed E-state index contributed by atoms with van der Waals surface area (Å²) in [5.41, 5.74) is 1.03. The molecule has 1 fully saturated rings. The highest BCUT2D eigenvalue weighted by atomic mass is 19.2. The Labute approximate surface area is 115 Å². The van der Waals surface area contributed by atoms with E-state index < -0.39 is 17.5 Å². The van der Waals surface area contributed by atoms with E-state index in [2.05, 4.69) is 5.32 Å². The van der Waals surface area contributed by atoms with Gasteiger partial charge in [-0.25, -0.2) is 13.2 Å². The quantitative estimate of drug-likeness (QED) is 0.801. The van der Waals surface area contributed by atoms with Crippen molar-refractivity contribution in [2.24, 2.45) is 5.92 Å². The zero-order valence-electron chi connectivity index (χ0n) is 10.7. The number of rotatable bonds is 4. The van der Waals surface area contributed by atoms with Crippen LogP contribution in [-0.4, -0.2) is 0 Å². The van der Waals surface area contributed by atoms with Gasteiger partial charge in [-0.2, -0.15) is 0 Å². The molecule has 3 rings (SSSR count). The van der Waals surface area contributed by atoms with Crippen LogP contribution in [0.4, 0.5) is 18.9 Å². The van der Waals surface area contributed by atoms with Gasteiger partial charge in [0, 0.05) is 0 Å². The van der Waals surface area contributed by atoms with Crippen LogP contribution < -0.4 is 5.32 Å². The van der Waals surface area contributed by atoms with E-state index >= 15 is 0 Å². The Hall–Kier alpha value is -1.97. The van der Waals surface area contributed by atoms with Crippen molar-refractivity contribution in [3.63, 3.8) is 0 Å². The molecular weight excluding hydrogens is 263 g/mol. The summed E-state index contributed by atoms with van der Waals surface area (Å²) in [6.45, 7) is 0. The average molecular weight is 277 g/mol. The first kappa shape index (κ1) is 13.0. The smallest absolute Gasteiger partial charge is 0.196 e. The van der Waals surface area contributed by atoms with Crippen LogP contribution in [0.15, 0.2) is 42.5 Å². The summed E-state index contributed by atoms with van der Waals surface area (Å²) in [5, 5.41) is 3.01. The van der Waals surface area contributed by atoms with E-state index in [9.17, 15) is 13.2 Å². The lowest BCUT2D eigenvalue weighted by atomic mass is 10.0. The van der Waals surface area contributed by atoms with Gasteiger partial charge in [0.1, 0.15) is 0 Å². The van der Waals surface area contributed by atoms with Gasteiger partial charge in [0.05, 0.1) is 11.7 Å². The van der Waals surface area contributed by atoms with Gasteiger partial charge in [0.25, 0.3) is 0 Å². The molecule has 1 N–H and O–H groups in total. The molecule has 0 spiro atoms. The molecule has 104 valence electrons. The molecule has 4 heteroatoms. The van der Waals surface area contributed by atoms with Crippen molar-refractivity contribution in [2.75, 3.05) is 5.32 Å². The summed E-state index contributed by atoms with van der Waals surface area (Å²) in [6.07, 6.45) is 2.11. The van der Waals surface area contributed by atoms with Gasteiger partial charge in [-0.3, -0.25) is 0 Å². The monoisotopic (exact) mass is 277 g/mol. The Kier molecular flexibility index (Phi) is 3.38. The normalized spacial score (nSPS) is 15.9. The van der Waals surface area contributed by atoms with E-state index in [-0.39, 0.29) is 11.7 Å². The number of hydrogen-bond acceptors (Lipinski definition) is 1. The fraction of sp³-hybridized carbons (Fsp3) is 0.250. The minimum atomic E-state index is -1.43. The van der Waals surface area contributed by atoms with Crippen LogP contribution >= 0.6 is 0 Å². The van der Waals surface area contributed by atoms with Crippen molar-refractivity contribution in [3.05, 3.63) is 65.5 Å². The molecule has 0 saturated heterocycles. The second-order valence-corrected chi connectivity index (χ2v) is 5.09. The van der Waals surface area contributed by atoms with Crippen molar-refractivity contribution in [1.29, 1.82) is 0 Å². The first-order chi connectivity index (χ1) is 9.66. The van der Waals surface area contributed by atoms with Gasteiger partial charge in [0.2, 0.25) is 0 Å². The highest BCUT2D eigenvalue weighted by Crippen LogP contribution is 2.43. The Bertz CT molecular complexity index is 609. The second-order valence-electron chi connectivity index (χ2n) is 5.09. The molecule has 0 heterocycles. The number of hydrogen-bond donors (Lipinski definition) is 1. The highest BCUT2D eigenvalue weighted by Gasteiger charge is 2.33. The molecule has 0 aromatic heterocycles. The molecule has 1 aliphatic carbocycles. The maximum absolute atomic E-state index is 13.7. The first-order valence-electron chi connectivity index (χ1n) is 6.62. The van der Waals surface area contributed by atoms with E-state index in [4.69, 9.17) is 0 Å². The van der Waals surface area contributed by atoms with Crippen LogP contribution in [0.5, 0.6) is 0 Å². The molecule has 20 heavy (non-hydrogen) atoms. The van der Waals surface area contributed by atoms with Gasteiger partial charge < -0.3 is 5.32 Å². The SMILES string of the molecule is Fc1ccc(NC(c2ccccc2)C2CC2)c(F)c1F. The number of halogens is 3. The van der Waals surface area contributed by atoms with Crippen molar-refractivity contribution < 1.29 is 13.2 Å². The van der Waals surface area contributed by atoms with Crippen LogP contribution in [0.3, 0.4) is 0 Å². The Morgan fingerprint density at radius 2 is 1.60 bits per heavy atom. The third kappa shape index (κ3) is 2.50. The molecule has 1 saturated carbocycles. The fourth-order valence-corrected chi connectivity index (χ4v) is 2.37. The lowest BCUT2D eigenvalue weighted by Crippen LogP contribution is -2.14. The molecule has 2 aromatic rings. The molecule has 0 radical (unpaired) electrons. The predicted octanol–water partition coefficient (Wildman–Crippen LogP) is 4.67. The van der Waals surface area contributed by atoms with E-state index in [1.54, 1.807) is 0 Å². The van der Waals surface area contributed by atoms with Gasteiger partial charge in [-0.15, -0.1) is 0 Å². The van der Waals surface area contributed by atoms with Crippen molar-refractivity contribution >= 4 is 5.69 Å². The molecule has 1 nitrogen and oxygen atoms in total. The molecular formula is C16H14F3N. The van der Waals surface area contributed by atoms with E-state index in [1.807, 2.05) is 30.3 Å². The fourth-order valence-electron chi connectivity index (χ4n) is 2.37. The standard InChI is InChI=1S/C16H14F3N/c17-12-8-9-13(15(19)14(12)18)20-16(11-6-7-11)10-4-2-1-3-5-10/h1-5,8-9,11,16,20H,6-7H2. The Balaban J connectivity index is 1.90. The molecule has 0 amide bonds. The zero-order valence-corrected chi connectivity index (χ0v) is 10.7. The van der Waals surface area contributed by atoms with Crippen LogP contribution in [0.1, 0.15) is 24.4 Å².